The van der Waals surface area contributed by atoms with Crippen LogP contribution in [0.25, 0.3) is 0 Å². The average molecular weight is 181 g/mol. The standard InChI is InChI=1S/C8H7NO4/c10-7-4-6(9(11)12)3-5-1-2-13-8(5)7/h3-4,10H,1-2H2. The fourth-order valence-electron chi connectivity index (χ4n) is 1.38. The van der Waals surface area contributed by atoms with Crippen LogP contribution in [-0.4, -0.2) is 16.6 Å². The SMILES string of the molecule is O=[N+]([O-])c1cc(O)c2c(c1)CCO2. The van der Waals surface area contributed by atoms with Crippen molar-refractivity contribution in [2.45, 2.75) is 6.42 Å². The van der Waals surface area contributed by atoms with Crippen LogP contribution >= 0.6 is 0 Å². The second kappa shape index (κ2) is 2.62. The number of phenolic OH excluding ortho intramolecular Hbond substituents is 1. The highest BCUT2D eigenvalue weighted by molar-refractivity contribution is 5.55. The Kier molecular flexibility index (Phi) is 1.58. The minimum absolute atomic E-state index is 0.0956. The van der Waals surface area contributed by atoms with Gasteiger partial charge in [0.1, 0.15) is 0 Å². The van der Waals surface area contributed by atoms with Crippen molar-refractivity contribution in [3.8, 4) is 11.5 Å². The third-order valence-electron chi connectivity index (χ3n) is 1.96. The van der Waals surface area contributed by atoms with E-state index in [0.717, 1.165) is 6.07 Å². The summed E-state index contributed by atoms with van der Waals surface area (Å²) in [5, 5.41) is 19.7. The quantitative estimate of drug-likeness (QED) is 0.522. The normalized spacial score (nSPS) is 13.5. The first-order chi connectivity index (χ1) is 6.18. The van der Waals surface area contributed by atoms with E-state index < -0.39 is 4.92 Å². The van der Waals surface area contributed by atoms with Gasteiger partial charge in [0.15, 0.2) is 11.5 Å². The molecule has 1 aromatic carbocycles. The van der Waals surface area contributed by atoms with E-state index in [-0.39, 0.29) is 11.4 Å². The minimum Gasteiger partial charge on any atom is -0.504 e. The summed E-state index contributed by atoms with van der Waals surface area (Å²) in [5.74, 6) is 0.229. The summed E-state index contributed by atoms with van der Waals surface area (Å²) < 4.78 is 5.09. The fourth-order valence-corrected chi connectivity index (χ4v) is 1.38. The summed E-state index contributed by atoms with van der Waals surface area (Å²) in [5.41, 5.74) is 0.605. The molecule has 0 bridgehead atoms. The lowest BCUT2D eigenvalue weighted by Crippen LogP contribution is -1.89. The largest absolute Gasteiger partial charge is 0.504 e. The Balaban J connectivity index is 2.55. The highest BCUT2D eigenvalue weighted by Crippen LogP contribution is 2.37. The zero-order valence-corrected chi connectivity index (χ0v) is 6.69. The molecular formula is C8H7NO4. The lowest BCUT2D eigenvalue weighted by Gasteiger charge is -2.01. The smallest absolute Gasteiger partial charge is 0.273 e. The number of benzene rings is 1. The molecule has 0 aromatic heterocycles. The Morgan fingerprint density at radius 2 is 2.31 bits per heavy atom. The lowest BCUT2D eigenvalue weighted by atomic mass is 10.1. The molecular weight excluding hydrogens is 174 g/mol. The number of nitro groups is 1. The van der Waals surface area contributed by atoms with Gasteiger partial charge in [-0.2, -0.15) is 0 Å². The van der Waals surface area contributed by atoms with Crippen LogP contribution in [0.2, 0.25) is 0 Å². The van der Waals surface area contributed by atoms with Gasteiger partial charge in [-0.15, -0.1) is 0 Å². The van der Waals surface area contributed by atoms with Crippen molar-refractivity contribution in [1.82, 2.24) is 0 Å². The molecule has 13 heavy (non-hydrogen) atoms. The zero-order chi connectivity index (χ0) is 9.42. The van der Waals surface area contributed by atoms with Gasteiger partial charge in [0.2, 0.25) is 0 Å². The van der Waals surface area contributed by atoms with E-state index in [1.54, 1.807) is 0 Å². The van der Waals surface area contributed by atoms with Crippen LogP contribution in [-0.2, 0) is 6.42 Å². The molecule has 1 N–H and O–H groups in total. The van der Waals surface area contributed by atoms with Gasteiger partial charge in [-0.05, 0) is 0 Å². The number of rotatable bonds is 1. The number of nitrogens with zero attached hydrogens (tertiary/aromatic N) is 1. The summed E-state index contributed by atoms with van der Waals surface area (Å²) >= 11 is 0. The number of hydrogen-bond donors (Lipinski definition) is 1. The number of nitro benzene ring substituents is 1. The summed E-state index contributed by atoms with van der Waals surface area (Å²) in [4.78, 5) is 9.88. The second-order valence-corrected chi connectivity index (χ2v) is 2.81. The first-order valence-electron chi connectivity index (χ1n) is 3.81. The molecule has 68 valence electrons. The maximum Gasteiger partial charge on any atom is 0.273 e. The van der Waals surface area contributed by atoms with Crippen molar-refractivity contribution in [2.75, 3.05) is 6.61 Å². The molecule has 1 heterocycles. The average Bonchev–Trinajstić information content (AvgIpc) is 2.51. The maximum absolute atomic E-state index is 10.4. The molecule has 5 heteroatoms. The lowest BCUT2D eigenvalue weighted by molar-refractivity contribution is -0.385. The van der Waals surface area contributed by atoms with Crippen LogP contribution < -0.4 is 4.74 Å². The van der Waals surface area contributed by atoms with Gasteiger partial charge < -0.3 is 9.84 Å². The summed E-state index contributed by atoms with van der Waals surface area (Å²) in [6.45, 7) is 0.476. The molecule has 0 saturated heterocycles. The predicted molar refractivity (Wildman–Crippen MR) is 44.0 cm³/mol. The Labute approximate surface area is 73.7 Å². The molecule has 0 spiro atoms. The van der Waals surface area contributed by atoms with Crippen molar-refractivity contribution < 1.29 is 14.8 Å². The third-order valence-corrected chi connectivity index (χ3v) is 1.96. The zero-order valence-electron chi connectivity index (χ0n) is 6.69. The predicted octanol–water partition coefficient (Wildman–Crippen LogP) is 1.24. The highest BCUT2D eigenvalue weighted by Gasteiger charge is 2.21. The summed E-state index contributed by atoms with van der Waals surface area (Å²) in [6, 6.07) is 2.53. The second-order valence-electron chi connectivity index (χ2n) is 2.81. The minimum atomic E-state index is -0.529. The molecule has 0 fully saturated rings. The van der Waals surface area contributed by atoms with Crippen molar-refractivity contribution in [3.63, 3.8) is 0 Å². The number of hydrogen-bond acceptors (Lipinski definition) is 4. The van der Waals surface area contributed by atoms with E-state index in [0.29, 0.717) is 24.3 Å². The van der Waals surface area contributed by atoms with E-state index in [1.807, 2.05) is 0 Å². The van der Waals surface area contributed by atoms with Crippen molar-refractivity contribution >= 4 is 5.69 Å². The van der Waals surface area contributed by atoms with Crippen molar-refractivity contribution in [2.24, 2.45) is 0 Å². The van der Waals surface area contributed by atoms with Crippen molar-refractivity contribution in [1.29, 1.82) is 0 Å². The molecule has 0 radical (unpaired) electrons. The van der Waals surface area contributed by atoms with E-state index in [2.05, 4.69) is 0 Å². The van der Waals surface area contributed by atoms with Gasteiger partial charge in [-0.25, -0.2) is 0 Å². The number of ether oxygens (including phenoxy) is 1. The number of aromatic hydroxyl groups is 1. The van der Waals surface area contributed by atoms with Gasteiger partial charge in [-0.1, -0.05) is 0 Å². The Bertz CT molecular complexity index is 375. The number of non-ortho nitro benzene ring substituents is 1. The fraction of sp³-hybridized carbons (Fsp3) is 0.250. The summed E-state index contributed by atoms with van der Waals surface area (Å²) in [7, 11) is 0. The highest BCUT2D eigenvalue weighted by atomic mass is 16.6. The monoisotopic (exact) mass is 181 g/mol. The maximum atomic E-state index is 10.4. The van der Waals surface area contributed by atoms with Gasteiger partial charge >= 0.3 is 0 Å². The molecule has 0 saturated carbocycles. The molecule has 0 unspecified atom stereocenters. The number of phenols is 1. The number of fused-ring (bicyclic) bond motifs is 1. The molecule has 2 rings (SSSR count). The van der Waals surface area contributed by atoms with E-state index in [4.69, 9.17) is 4.74 Å². The van der Waals surface area contributed by atoms with Gasteiger partial charge in [-0.3, -0.25) is 10.1 Å². The first-order valence-corrected chi connectivity index (χ1v) is 3.81. The molecule has 5 nitrogen and oxygen atoms in total. The molecule has 0 aliphatic carbocycles. The van der Waals surface area contributed by atoms with Crippen molar-refractivity contribution in [3.05, 3.63) is 27.8 Å². The van der Waals surface area contributed by atoms with E-state index in [9.17, 15) is 15.2 Å². The molecule has 1 aliphatic rings. The molecule has 0 amide bonds. The van der Waals surface area contributed by atoms with Gasteiger partial charge in [0.25, 0.3) is 5.69 Å². The van der Waals surface area contributed by atoms with Crippen LogP contribution in [0.1, 0.15) is 5.56 Å². The van der Waals surface area contributed by atoms with Gasteiger partial charge in [0.05, 0.1) is 17.6 Å². The van der Waals surface area contributed by atoms with Crippen LogP contribution in [0.15, 0.2) is 12.1 Å². The Hall–Kier alpha value is -1.78. The van der Waals surface area contributed by atoms with E-state index in [1.165, 1.54) is 6.07 Å². The topological polar surface area (TPSA) is 72.6 Å². The first kappa shape index (κ1) is 7.85. The summed E-state index contributed by atoms with van der Waals surface area (Å²) in [6.07, 6.45) is 0.616. The Morgan fingerprint density at radius 1 is 1.54 bits per heavy atom. The van der Waals surface area contributed by atoms with Crippen LogP contribution in [0.4, 0.5) is 5.69 Å². The molecule has 1 aromatic rings. The Morgan fingerprint density at radius 3 is 3.00 bits per heavy atom. The molecule has 0 atom stereocenters. The van der Waals surface area contributed by atoms with Crippen LogP contribution in [0.5, 0.6) is 11.5 Å². The van der Waals surface area contributed by atoms with E-state index >= 15 is 0 Å². The third kappa shape index (κ3) is 1.18. The molecule has 1 aliphatic heterocycles. The van der Waals surface area contributed by atoms with Crippen LogP contribution in [0, 0.1) is 10.1 Å². The van der Waals surface area contributed by atoms with Crippen LogP contribution in [0.3, 0.4) is 0 Å². The van der Waals surface area contributed by atoms with Gasteiger partial charge in [0, 0.05) is 18.1 Å².